The lowest BCUT2D eigenvalue weighted by atomic mass is 10.0. The van der Waals surface area contributed by atoms with Gasteiger partial charge in [0.15, 0.2) is 0 Å². The van der Waals surface area contributed by atoms with Gasteiger partial charge >= 0.3 is 0 Å². The minimum absolute atomic E-state index is 0.0350. The molecule has 0 radical (unpaired) electrons. The van der Waals surface area contributed by atoms with Crippen LogP contribution in [0.1, 0.15) is 12.5 Å². The fourth-order valence-electron chi connectivity index (χ4n) is 2.45. The third-order valence-corrected chi connectivity index (χ3v) is 6.40. The minimum Gasteiger partial charge on any atom is -0.328 e. The fourth-order valence-corrected chi connectivity index (χ4v) is 4.87. The molecule has 110 valence electrons. The van der Waals surface area contributed by atoms with E-state index in [0.29, 0.717) is 9.73 Å². The van der Waals surface area contributed by atoms with Gasteiger partial charge in [0.25, 0.3) is 10.0 Å². The highest BCUT2D eigenvalue weighted by Crippen LogP contribution is 2.27. The molecule has 0 bridgehead atoms. The van der Waals surface area contributed by atoms with Crippen molar-refractivity contribution >= 4 is 32.3 Å². The number of hydrogen-bond donors (Lipinski definition) is 1. The second-order valence-corrected chi connectivity index (χ2v) is 8.07. The van der Waals surface area contributed by atoms with Crippen LogP contribution >= 0.6 is 11.3 Å². The normalized spacial score (nSPS) is 13.6. The summed E-state index contributed by atoms with van der Waals surface area (Å²) < 4.78 is 27.0. The molecule has 0 saturated heterocycles. The van der Waals surface area contributed by atoms with Crippen LogP contribution in [0.5, 0.6) is 0 Å². The summed E-state index contributed by atoms with van der Waals surface area (Å²) in [6, 6.07) is 10.9. The van der Waals surface area contributed by atoms with Crippen LogP contribution in [0.15, 0.2) is 52.2 Å². The number of benzene rings is 1. The van der Waals surface area contributed by atoms with E-state index in [2.05, 4.69) is 0 Å². The molecule has 2 N–H and O–H groups in total. The maximum atomic E-state index is 12.7. The highest BCUT2D eigenvalue weighted by Gasteiger charge is 2.20. The van der Waals surface area contributed by atoms with Gasteiger partial charge in [0.2, 0.25) is 0 Å². The molecule has 1 aromatic carbocycles. The van der Waals surface area contributed by atoms with Crippen LogP contribution in [0, 0.1) is 0 Å². The van der Waals surface area contributed by atoms with Crippen molar-refractivity contribution in [3.8, 4) is 0 Å². The van der Waals surface area contributed by atoms with E-state index < -0.39 is 10.0 Å². The van der Waals surface area contributed by atoms with Gasteiger partial charge in [-0.25, -0.2) is 3.97 Å². The molecular formula is C15H16N2O2S2. The molecule has 1 unspecified atom stereocenters. The SMILES string of the molecule is CC(N)Cc1cccc2c1ccn2S(=O)(=O)c1cccs1. The second-order valence-electron chi connectivity index (χ2n) is 5.08. The summed E-state index contributed by atoms with van der Waals surface area (Å²) >= 11 is 1.22. The Morgan fingerprint density at radius 2 is 2.05 bits per heavy atom. The maximum Gasteiger partial charge on any atom is 0.277 e. The van der Waals surface area contributed by atoms with Crippen LogP contribution in [-0.2, 0) is 16.4 Å². The van der Waals surface area contributed by atoms with Crippen molar-refractivity contribution in [2.24, 2.45) is 5.73 Å². The van der Waals surface area contributed by atoms with Gasteiger partial charge in [-0.1, -0.05) is 18.2 Å². The van der Waals surface area contributed by atoms with Gasteiger partial charge in [0.05, 0.1) is 5.52 Å². The molecule has 3 aromatic rings. The van der Waals surface area contributed by atoms with Gasteiger partial charge in [0, 0.05) is 17.6 Å². The molecule has 21 heavy (non-hydrogen) atoms. The Bertz CT molecular complexity index is 862. The summed E-state index contributed by atoms with van der Waals surface area (Å²) in [6.07, 6.45) is 2.34. The molecule has 0 amide bonds. The lowest BCUT2D eigenvalue weighted by Gasteiger charge is -2.09. The van der Waals surface area contributed by atoms with Crippen molar-refractivity contribution in [1.29, 1.82) is 0 Å². The Balaban J connectivity index is 2.18. The van der Waals surface area contributed by atoms with Gasteiger partial charge in [-0.3, -0.25) is 0 Å². The number of nitrogens with two attached hydrogens (primary N) is 1. The smallest absolute Gasteiger partial charge is 0.277 e. The van der Waals surface area contributed by atoms with Crippen molar-refractivity contribution < 1.29 is 8.42 Å². The van der Waals surface area contributed by atoms with Crippen molar-refractivity contribution in [2.75, 3.05) is 0 Å². The molecule has 2 aromatic heterocycles. The van der Waals surface area contributed by atoms with Gasteiger partial charge in [-0.05, 0) is 42.5 Å². The standard InChI is InChI=1S/C15H16N2O2S2/c1-11(16)10-12-4-2-5-14-13(12)7-8-17(14)21(18,19)15-6-3-9-20-15/h2-9,11H,10,16H2,1H3. The predicted molar refractivity (Wildman–Crippen MR) is 86.2 cm³/mol. The highest BCUT2D eigenvalue weighted by molar-refractivity contribution is 7.92. The number of rotatable bonds is 4. The molecular weight excluding hydrogens is 304 g/mol. The third-order valence-electron chi connectivity index (χ3n) is 3.34. The Morgan fingerprint density at radius 1 is 1.24 bits per heavy atom. The van der Waals surface area contributed by atoms with Crippen LogP contribution in [0.4, 0.5) is 0 Å². The Hall–Kier alpha value is -1.63. The summed E-state index contributed by atoms with van der Waals surface area (Å²) in [5.74, 6) is 0. The molecule has 3 rings (SSSR count). The lowest BCUT2D eigenvalue weighted by Crippen LogP contribution is -2.17. The molecule has 0 fully saturated rings. The van der Waals surface area contributed by atoms with E-state index in [4.69, 9.17) is 5.73 Å². The summed E-state index contributed by atoms with van der Waals surface area (Å²) in [5, 5.41) is 2.70. The van der Waals surface area contributed by atoms with Crippen molar-refractivity contribution in [1.82, 2.24) is 3.97 Å². The quantitative estimate of drug-likeness (QED) is 0.804. The highest BCUT2D eigenvalue weighted by atomic mass is 32.2. The van der Waals surface area contributed by atoms with E-state index in [1.807, 2.05) is 31.2 Å². The van der Waals surface area contributed by atoms with E-state index in [1.165, 1.54) is 15.3 Å². The Labute approximate surface area is 127 Å². The predicted octanol–water partition coefficient (Wildman–Crippen LogP) is 2.83. The second kappa shape index (κ2) is 5.29. The first-order valence-corrected chi connectivity index (χ1v) is 8.96. The fraction of sp³-hybridized carbons (Fsp3) is 0.200. The molecule has 0 spiro atoms. The summed E-state index contributed by atoms with van der Waals surface area (Å²) in [6.45, 7) is 1.94. The summed E-state index contributed by atoms with van der Waals surface area (Å²) in [7, 11) is -3.52. The van der Waals surface area contributed by atoms with Crippen molar-refractivity contribution in [3.63, 3.8) is 0 Å². The number of aromatic nitrogens is 1. The first-order valence-electron chi connectivity index (χ1n) is 6.64. The topological polar surface area (TPSA) is 65.1 Å². The molecule has 2 heterocycles. The molecule has 6 heteroatoms. The monoisotopic (exact) mass is 320 g/mol. The van der Waals surface area contributed by atoms with Gasteiger partial charge in [-0.2, -0.15) is 8.42 Å². The summed E-state index contributed by atoms with van der Waals surface area (Å²) in [5.41, 5.74) is 7.63. The Kier molecular flexibility index (Phi) is 3.61. The molecule has 0 aliphatic carbocycles. The summed E-state index contributed by atoms with van der Waals surface area (Å²) in [4.78, 5) is 0. The third kappa shape index (κ3) is 2.50. The van der Waals surface area contributed by atoms with Gasteiger partial charge in [0.1, 0.15) is 4.21 Å². The number of thiophene rings is 1. The van der Waals surface area contributed by atoms with Crippen LogP contribution in [0.25, 0.3) is 10.9 Å². The number of nitrogens with zero attached hydrogens (tertiary/aromatic N) is 1. The van der Waals surface area contributed by atoms with Gasteiger partial charge < -0.3 is 5.73 Å². The zero-order valence-corrected chi connectivity index (χ0v) is 13.2. The first kappa shape index (κ1) is 14.3. The zero-order chi connectivity index (χ0) is 15.0. The van der Waals surface area contributed by atoms with Crippen molar-refractivity contribution in [2.45, 2.75) is 23.6 Å². The van der Waals surface area contributed by atoms with E-state index in [9.17, 15) is 8.42 Å². The van der Waals surface area contributed by atoms with Crippen molar-refractivity contribution in [3.05, 3.63) is 53.5 Å². The maximum absolute atomic E-state index is 12.7. The van der Waals surface area contributed by atoms with Crippen LogP contribution < -0.4 is 5.73 Å². The minimum atomic E-state index is -3.52. The number of hydrogen-bond acceptors (Lipinski definition) is 4. The van der Waals surface area contributed by atoms with Crippen LogP contribution in [-0.4, -0.2) is 18.4 Å². The number of fused-ring (bicyclic) bond motifs is 1. The molecule has 0 aliphatic rings. The van der Waals surface area contributed by atoms with Crippen LogP contribution in [0.3, 0.4) is 0 Å². The first-order chi connectivity index (χ1) is 10.00. The lowest BCUT2D eigenvalue weighted by molar-refractivity contribution is 0.591. The zero-order valence-electron chi connectivity index (χ0n) is 11.6. The van der Waals surface area contributed by atoms with E-state index in [-0.39, 0.29) is 6.04 Å². The average Bonchev–Trinajstić information content (AvgIpc) is 3.08. The largest absolute Gasteiger partial charge is 0.328 e. The molecule has 0 aliphatic heterocycles. The van der Waals surface area contributed by atoms with E-state index >= 15 is 0 Å². The van der Waals surface area contributed by atoms with E-state index in [1.54, 1.807) is 23.7 Å². The van der Waals surface area contributed by atoms with Crippen LogP contribution in [0.2, 0.25) is 0 Å². The molecule has 1 atom stereocenters. The van der Waals surface area contributed by atoms with E-state index in [0.717, 1.165) is 17.4 Å². The average molecular weight is 320 g/mol. The van der Waals surface area contributed by atoms with Gasteiger partial charge in [-0.15, -0.1) is 11.3 Å². The molecule has 0 saturated carbocycles. The Morgan fingerprint density at radius 3 is 2.71 bits per heavy atom. The molecule has 4 nitrogen and oxygen atoms in total.